The molecule has 4 heteroatoms. The third-order valence-electron chi connectivity index (χ3n) is 2.13. The van der Waals surface area contributed by atoms with Crippen LogP contribution < -0.4 is 11.1 Å². The van der Waals surface area contributed by atoms with Crippen molar-refractivity contribution < 1.29 is 0 Å². The van der Waals surface area contributed by atoms with Gasteiger partial charge in [-0.05, 0) is 31.5 Å². The van der Waals surface area contributed by atoms with Gasteiger partial charge in [-0.15, -0.1) is 0 Å². The molecule has 15 heavy (non-hydrogen) atoms. The Kier molecular flexibility index (Phi) is 2.11. The third-order valence-corrected chi connectivity index (χ3v) is 2.13. The lowest BCUT2D eigenvalue weighted by Crippen LogP contribution is -1.94. The number of nitrogens with two attached hydrogens (primary N) is 1. The van der Waals surface area contributed by atoms with E-state index in [1.165, 1.54) is 0 Å². The van der Waals surface area contributed by atoms with Gasteiger partial charge >= 0.3 is 0 Å². The number of aromatic amines is 1. The Morgan fingerprint density at radius 3 is 2.93 bits per heavy atom. The van der Waals surface area contributed by atoms with Crippen LogP contribution in [0.4, 0.5) is 11.6 Å². The number of nitrogens with zero attached hydrogens (tertiary/aromatic N) is 1. The number of aromatic nitrogens is 2. The van der Waals surface area contributed by atoms with Crippen molar-refractivity contribution in [3.63, 3.8) is 0 Å². The number of hydrogen-bond donors (Lipinski definition) is 3. The van der Waals surface area contributed by atoms with Crippen LogP contribution in [-0.4, -0.2) is 9.97 Å². The van der Waals surface area contributed by atoms with E-state index in [1.54, 1.807) is 0 Å². The summed E-state index contributed by atoms with van der Waals surface area (Å²) in [5, 5.41) is 3.04. The minimum Gasteiger partial charge on any atom is -0.399 e. The van der Waals surface area contributed by atoms with E-state index in [1.807, 2.05) is 26.0 Å². The number of rotatable bonds is 2. The quantitative estimate of drug-likeness (QED) is 0.655. The fourth-order valence-corrected chi connectivity index (χ4v) is 1.58. The molecule has 0 saturated carbocycles. The van der Waals surface area contributed by atoms with Crippen LogP contribution in [0.15, 0.2) is 24.4 Å². The molecule has 1 aromatic carbocycles. The number of hydrogen-bond acceptors (Lipinski definition) is 3. The summed E-state index contributed by atoms with van der Waals surface area (Å²) >= 11 is 0. The molecule has 4 N–H and O–H groups in total. The van der Waals surface area contributed by atoms with E-state index < -0.39 is 0 Å². The van der Waals surface area contributed by atoms with Gasteiger partial charge in [-0.2, -0.15) is 0 Å². The normalized spacial score (nSPS) is 10.5. The number of anilines is 2. The highest BCUT2D eigenvalue weighted by molar-refractivity contribution is 5.84. The zero-order valence-electron chi connectivity index (χ0n) is 8.89. The largest absolute Gasteiger partial charge is 0.399 e. The molecule has 0 radical (unpaired) electrons. The zero-order valence-corrected chi connectivity index (χ0v) is 8.89. The molecule has 1 aromatic heterocycles. The fourth-order valence-electron chi connectivity index (χ4n) is 1.58. The molecule has 0 fully saturated rings. The number of aryl methyl sites for hydroxylation is 1. The topological polar surface area (TPSA) is 66.7 Å². The minimum atomic E-state index is 0.700. The zero-order chi connectivity index (χ0) is 11.0. The summed E-state index contributed by atoms with van der Waals surface area (Å²) in [6, 6.07) is 3.78. The molecule has 1 heterocycles. The Labute approximate surface area is 88.2 Å². The first-order chi connectivity index (χ1) is 7.06. The van der Waals surface area contributed by atoms with Crippen molar-refractivity contribution in [3.8, 4) is 0 Å². The van der Waals surface area contributed by atoms with Crippen LogP contribution in [-0.2, 0) is 0 Å². The van der Waals surface area contributed by atoms with Crippen LogP contribution in [0.1, 0.15) is 12.5 Å². The molecule has 4 nitrogen and oxygen atoms in total. The Bertz CT molecular complexity index is 525. The Morgan fingerprint density at radius 2 is 2.27 bits per heavy atom. The second-order valence-corrected chi connectivity index (χ2v) is 3.72. The van der Waals surface area contributed by atoms with Gasteiger partial charge in [0.05, 0.1) is 11.0 Å². The lowest BCUT2D eigenvalue weighted by molar-refractivity contribution is 1.25. The molecule has 2 rings (SSSR count). The summed E-state index contributed by atoms with van der Waals surface area (Å²) in [6.07, 6.45) is 0. The molecule has 0 unspecified atom stereocenters. The SMILES string of the molecule is C=C(C)Nc1nc2c(C)cc(N)cc2[nH]1. The van der Waals surface area contributed by atoms with Gasteiger partial charge in [-0.3, -0.25) is 0 Å². The van der Waals surface area contributed by atoms with E-state index in [4.69, 9.17) is 5.73 Å². The van der Waals surface area contributed by atoms with Crippen molar-refractivity contribution in [2.24, 2.45) is 0 Å². The van der Waals surface area contributed by atoms with E-state index in [0.29, 0.717) is 5.95 Å². The van der Waals surface area contributed by atoms with Crippen LogP contribution in [0.3, 0.4) is 0 Å². The molecule has 0 aliphatic carbocycles. The van der Waals surface area contributed by atoms with Crippen LogP contribution in [0.25, 0.3) is 11.0 Å². The molecule has 0 amide bonds. The molecule has 0 saturated heterocycles. The molecule has 0 aliphatic rings. The molecule has 0 aliphatic heterocycles. The van der Waals surface area contributed by atoms with E-state index in [0.717, 1.165) is 28.0 Å². The molecule has 78 valence electrons. The maximum atomic E-state index is 5.75. The van der Waals surface area contributed by atoms with E-state index >= 15 is 0 Å². The molecule has 0 atom stereocenters. The number of imidazole rings is 1. The average molecular weight is 202 g/mol. The summed E-state index contributed by atoms with van der Waals surface area (Å²) < 4.78 is 0. The van der Waals surface area contributed by atoms with Crippen molar-refractivity contribution in [1.82, 2.24) is 9.97 Å². The van der Waals surface area contributed by atoms with E-state index in [9.17, 15) is 0 Å². The Morgan fingerprint density at radius 1 is 1.53 bits per heavy atom. The maximum absolute atomic E-state index is 5.75. The van der Waals surface area contributed by atoms with Gasteiger partial charge in [0.1, 0.15) is 0 Å². The highest BCUT2D eigenvalue weighted by Crippen LogP contribution is 2.21. The van der Waals surface area contributed by atoms with Gasteiger partial charge in [-0.1, -0.05) is 6.58 Å². The molecular formula is C11H14N4. The summed E-state index contributed by atoms with van der Waals surface area (Å²) in [6.45, 7) is 7.64. The molecular weight excluding hydrogens is 188 g/mol. The van der Waals surface area contributed by atoms with Gasteiger partial charge in [0.2, 0.25) is 5.95 Å². The molecule has 0 spiro atoms. The standard InChI is InChI=1S/C11H14N4/c1-6(2)13-11-14-9-5-8(12)4-7(3)10(9)15-11/h4-5H,1,12H2,2-3H3,(H2,13,14,15). The molecule has 0 bridgehead atoms. The van der Waals surface area contributed by atoms with Gasteiger partial charge < -0.3 is 16.0 Å². The van der Waals surface area contributed by atoms with Crippen molar-refractivity contribution in [3.05, 3.63) is 30.0 Å². The Hall–Kier alpha value is -1.97. The second kappa shape index (κ2) is 3.31. The van der Waals surface area contributed by atoms with Crippen LogP contribution >= 0.6 is 0 Å². The van der Waals surface area contributed by atoms with Gasteiger partial charge in [0.15, 0.2) is 0 Å². The predicted octanol–water partition coefficient (Wildman–Crippen LogP) is 2.40. The first-order valence-corrected chi connectivity index (χ1v) is 4.74. The van der Waals surface area contributed by atoms with Crippen LogP contribution in [0.5, 0.6) is 0 Å². The maximum Gasteiger partial charge on any atom is 0.205 e. The van der Waals surface area contributed by atoms with Crippen LogP contribution in [0.2, 0.25) is 0 Å². The monoisotopic (exact) mass is 202 g/mol. The Balaban J connectivity index is 2.55. The fraction of sp³-hybridized carbons (Fsp3) is 0.182. The average Bonchev–Trinajstić information content (AvgIpc) is 2.45. The summed E-state index contributed by atoms with van der Waals surface area (Å²) in [5.41, 5.74) is 10.3. The number of H-pyrrole nitrogens is 1. The lowest BCUT2D eigenvalue weighted by Gasteiger charge is -1.97. The number of nitrogen functional groups attached to an aromatic ring is 1. The summed E-state index contributed by atoms with van der Waals surface area (Å²) in [5.74, 6) is 0.700. The first-order valence-electron chi connectivity index (χ1n) is 4.74. The molecule has 2 aromatic rings. The minimum absolute atomic E-state index is 0.700. The van der Waals surface area contributed by atoms with Crippen molar-refractivity contribution in [1.29, 1.82) is 0 Å². The summed E-state index contributed by atoms with van der Waals surface area (Å²) in [7, 11) is 0. The smallest absolute Gasteiger partial charge is 0.205 e. The van der Waals surface area contributed by atoms with Gasteiger partial charge in [0.25, 0.3) is 0 Å². The van der Waals surface area contributed by atoms with Crippen LogP contribution in [0, 0.1) is 6.92 Å². The van der Waals surface area contributed by atoms with Gasteiger partial charge in [0, 0.05) is 11.4 Å². The lowest BCUT2D eigenvalue weighted by atomic mass is 10.2. The number of allylic oxidation sites excluding steroid dienone is 1. The predicted molar refractivity (Wildman–Crippen MR) is 63.7 cm³/mol. The number of fused-ring (bicyclic) bond motifs is 1. The number of nitrogens with one attached hydrogen (secondary N) is 2. The third kappa shape index (κ3) is 1.79. The highest BCUT2D eigenvalue weighted by Gasteiger charge is 2.05. The first kappa shape index (κ1) is 9.58. The van der Waals surface area contributed by atoms with Crippen molar-refractivity contribution in [2.75, 3.05) is 11.1 Å². The number of benzene rings is 1. The van der Waals surface area contributed by atoms with Gasteiger partial charge in [-0.25, -0.2) is 4.98 Å². The van der Waals surface area contributed by atoms with Crippen molar-refractivity contribution in [2.45, 2.75) is 13.8 Å². The summed E-state index contributed by atoms with van der Waals surface area (Å²) in [4.78, 5) is 7.56. The highest BCUT2D eigenvalue weighted by atomic mass is 15.1. The van der Waals surface area contributed by atoms with E-state index in [2.05, 4.69) is 21.9 Å². The van der Waals surface area contributed by atoms with Crippen molar-refractivity contribution >= 4 is 22.7 Å². The van der Waals surface area contributed by atoms with E-state index in [-0.39, 0.29) is 0 Å². The second-order valence-electron chi connectivity index (χ2n) is 3.72.